The highest BCUT2D eigenvalue weighted by Gasteiger charge is 2.14. The van der Waals surface area contributed by atoms with E-state index in [1.807, 2.05) is 45.1 Å². The smallest absolute Gasteiger partial charge is 0.231 e. The maximum Gasteiger partial charge on any atom is 0.231 e. The lowest BCUT2D eigenvalue weighted by Crippen LogP contribution is -2.29. The monoisotopic (exact) mass is 315 g/mol. The van der Waals surface area contributed by atoms with Crippen molar-refractivity contribution < 1.29 is 9.47 Å². The molecule has 0 saturated carbocycles. The van der Waals surface area contributed by atoms with Crippen LogP contribution in [0.2, 0.25) is 0 Å². The largest absolute Gasteiger partial charge is 0.454 e. The number of rotatable bonds is 7. The average molecular weight is 315 g/mol. The van der Waals surface area contributed by atoms with Crippen LogP contribution in [0, 0.1) is 0 Å². The number of hydrogen-bond donors (Lipinski definition) is 1. The molecule has 1 aliphatic rings. The third kappa shape index (κ3) is 6.33. The molecule has 3 nitrogen and oxygen atoms in total. The molecule has 1 unspecified atom stereocenters. The van der Waals surface area contributed by atoms with E-state index in [9.17, 15) is 0 Å². The van der Waals surface area contributed by atoms with Crippen LogP contribution < -0.4 is 14.8 Å². The SMILES string of the molecule is C=C/C=C(\C=C/C)CNC(C)Cc1ccc2c(c1)OCO2.CC. The van der Waals surface area contributed by atoms with Gasteiger partial charge in [-0.15, -0.1) is 0 Å². The predicted molar refractivity (Wildman–Crippen MR) is 98.2 cm³/mol. The minimum Gasteiger partial charge on any atom is -0.454 e. The van der Waals surface area contributed by atoms with E-state index in [0.717, 1.165) is 24.5 Å². The zero-order chi connectivity index (χ0) is 17.1. The fourth-order valence-electron chi connectivity index (χ4n) is 2.32. The molecule has 0 fully saturated rings. The quantitative estimate of drug-likeness (QED) is 0.743. The van der Waals surface area contributed by atoms with Crippen LogP contribution in [0.1, 0.15) is 33.3 Å². The molecule has 1 atom stereocenters. The maximum absolute atomic E-state index is 5.41. The summed E-state index contributed by atoms with van der Waals surface area (Å²) in [5.41, 5.74) is 2.48. The van der Waals surface area contributed by atoms with Crippen molar-refractivity contribution in [2.24, 2.45) is 0 Å². The van der Waals surface area contributed by atoms with E-state index >= 15 is 0 Å². The second-order valence-electron chi connectivity index (χ2n) is 5.15. The van der Waals surface area contributed by atoms with E-state index in [4.69, 9.17) is 9.47 Å². The Morgan fingerprint density at radius 2 is 2.04 bits per heavy atom. The van der Waals surface area contributed by atoms with Gasteiger partial charge in [0, 0.05) is 12.6 Å². The van der Waals surface area contributed by atoms with E-state index < -0.39 is 0 Å². The molecule has 1 aromatic carbocycles. The van der Waals surface area contributed by atoms with Crippen molar-refractivity contribution in [3.63, 3.8) is 0 Å². The Kier molecular flexibility index (Phi) is 8.85. The zero-order valence-corrected chi connectivity index (χ0v) is 14.8. The molecular formula is C20H29NO2. The molecular weight excluding hydrogens is 286 g/mol. The van der Waals surface area contributed by atoms with Gasteiger partial charge in [0.15, 0.2) is 11.5 Å². The highest BCUT2D eigenvalue weighted by Crippen LogP contribution is 2.32. The van der Waals surface area contributed by atoms with E-state index in [1.165, 1.54) is 11.1 Å². The summed E-state index contributed by atoms with van der Waals surface area (Å²) in [5, 5.41) is 3.53. The highest BCUT2D eigenvalue weighted by atomic mass is 16.7. The summed E-state index contributed by atoms with van der Waals surface area (Å²) in [6, 6.07) is 6.52. The third-order valence-corrected chi connectivity index (χ3v) is 3.35. The topological polar surface area (TPSA) is 30.5 Å². The molecule has 0 saturated heterocycles. The van der Waals surface area contributed by atoms with Crippen LogP contribution in [0.3, 0.4) is 0 Å². The van der Waals surface area contributed by atoms with Crippen LogP contribution in [0.4, 0.5) is 0 Å². The van der Waals surface area contributed by atoms with E-state index in [1.54, 1.807) is 0 Å². The molecule has 0 aliphatic carbocycles. The van der Waals surface area contributed by atoms with Gasteiger partial charge in [0.1, 0.15) is 0 Å². The Bertz CT molecular complexity index is 547. The fourth-order valence-corrected chi connectivity index (χ4v) is 2.32. The molecule has 2 rings (SSSR count). The second kappa shape index (κ2) is 10.7. The average Bonchev–Trinajstić information content (AvgIpc) is 3.02. The summed E-state index contributed by atoms with van der Waals surface area (Å²) in [5.74, 6) is 1.68. The normalized spacial score (nSPS) is 14.3. The fraction of sp³-hybridized carbons (Fsp3) is 0.400. The number of fused-ring (bicyclic) bond motifs is 1. The Labute approximate surface area is 140 Å². The molecule has 1 aliphatic heterocycles. The zero-order valence-electron chi connectivity index (χ0n) is 14.8. The van der Waals surface area contributed by atoms with Crippen molar-refractivity contribution in [3.8, 4) is 11.5 Å². The van der Waals surface area contributed by atoms with Crippen molar-refractivity contribution in [2.75, 3.05) is 13.3 Å². The Morgan fingerprint density at radius 3 is 2.74 bits per heavy atom. The minimum absolute atomic E-state index is 0.325. The van der Waals surface area contributed by atoms with Gasteiger partial charge in [-0.25, -0.2) is 0 Å². The summed E-state index contributed by atoms with van der Waals surface area (Å²) in [7, 11) is 0. The van der Waals surface area contributed by atoms with Crippen molar-refractivity contribution in [2.45, 2.75) is 40.2 Å². The molecule has 126 valence electrons. The van der Waals surface area contributed by atoms with E-state index in [-0.39, 0.29) is 0 Å². The number of allylic oxidation sites excluding steroid dienone is 3. The van der Waals surface area contributed by atoms with Gasteiger partial charge in [0.05, 0.1) is 0 Å². The van der Waals surface area contributed by atoms with Crippen molar-refractivity contribution in [1.82, 2.24) is 5.32 Å². The molecule has 1 heterocycles. The highest BCUT2D eigenvalue weighted by molar-refractivity contribution is 5.44. The van der Waals surface area contributed by atoms with Gasteiger partial charge in [-0.05, 0) is 43.5 Å². The Hall–Kier alpha value is -2.00. The lowest BCUT2D eigenvalue weighted by atomic mass is 10.1. The van der Waals surface area contributed by atoms with Gasteiger partial charge in [0.25, 0.3) is 0 Å². The Balaban J connectivity index is 0.00000127. The lowest BCUT2D eigenvalue weighted by Gasteiger charge is -2.14. The van der Waals surface area contributed by atoms with Gasteiger partial charge in [-0.1, -0.05) is 50.8 Å². The van der Waals surface area contributed by atoms with Crippen LogP contribution in [-0.2, 0) is 6.42 Å². The molecule has 0 bridgehead atoms. The van der Waals surface area contributed by atoms with E-state index in [0.29, 0.717) is 12.8 Å². The summed E-state index contributed by atoms with van der Waals surface area (Å²) >= 11 is 0. The van der Waals surface area contributed by atoms with Crippen LogP contribution in [-0.4, -0.2) is 19.4 Å². The molecule has 1 aromatic rings. The molecule has 0 spiro atoms. The second-order valence-corrected chi connectivity index (χ2v) is 5.15. The molecule has 23 heavy (non-hydrogen) atoms. The molecule has 0 amide bonds. The van der Waals surface area contributed by atoms with Crippen molar-refractivity contribution in [1.29, 1.82) is 0 Å². The molecule has 0 aromatic heterocycles. The van der Waals surface area contributed by atoms with Gasteiger partial charge < -0.3 is 14.8 Å². The Morgan fingerprint density at radius 1 is 1.30 bits per heavy atom. The van der Waals surface area contributed by atoms with Gasteiger partial charge >= 0.3 is 0 Å². The minimum atomic E-state index is 0.325. The van der Waals surface area contributed by atoms with Crippen LogP contribution in [0.15, 0.2) is 54.7 Å². The molecule has 3 heteroatoms. The number of ether oxygens (including phenoxy) is 2. The van der Waals surface area contributed by atoms with Crippen molar-refractivity contribution >= 4 is 0 Å². The summed E-state index contributed by atoms with van der Waals surface area (Å²) in [6.45, 7) is 13.1. The third-order valence-electron chi connectivity index (χ3n) is 3.35. The summed E-state index contributed by atoms with van der Waals surface area (Å²) in [6.07, 6.45) is 8.94. The first kappa shape index (κ1) is 19.0. The van der Waals surface area contributed by atoms with Crippen LogP contribution in [0.25, 0.3) is 0 Å². The number of nitrogens with one attached hydrogen (secondary N) is 1. The van der Waals surface area contributed by atoms with Crippen LogP contribution >= 0.6 is 0 Å². The maximum atomic E-state index is 5.41. The first-order valence-corrected chi connectivity index (χ1v) is 8.29. The molecule has 0 radical (unpaired) electrons. The van der Waals surface area contributed by atoms with Gasteiger partial charge in [0.2, 0.25) is 6.79 Å². The summed E-state index contributed by atoms with van der Waals surface area (Å²) in [4.78, 5) is 0. The summed E-state index contributed by atoms with van der Waals surface area (Å²) < 4.78 is 10.7. The van der Waals surface area contributed by atoms with Gasteiger partial charge in [-0.3, -0.25) is 0 Å². The first-order chi connectivity index (χ1) is 11.2. The first-order valence-electron chi connectivity index (χ1n) is 8.29. The standard InChI is InChI=1S/C18H23NO2.C2H6/c1-4-6-15(7-5-2)12-19-14(3)10-16-8-9-17-18(11-16)21-13-20-17;1-2/h4-9,11,14,19H,1,10,12-13H2,2-3H3;1-2H3/b7-5-,15-6+;. The predicted octanol–water partition coefficient (Wildman–Crippen LogP) is 4.65. The van der Waals surface area contributed by atoms with Crippen LogP contribution in [0.5, 0.6) is 11.5 Å². The van der Waals surface area contributed by atoms with Crippen molar-refractivity contribution in [3.05, 3.63) is 60.2 Å². The molecule has 1 N–H and O–H groups in total. The number of hydrogen-bond acceptors (Lipinski definition) is 3. The lowest BCUT2D eigenvalue weighted by molar-refractivity contribution is 0.174. The van der Waals surface area contributed by atoms with E-state index in [2.05, 4.69) is 37.0 Å². The number of benzene rings is 1. The van der Waals surface area contributed by atoms with Gasteiger partial charge in [-0.2, -0.15) is 0 Å².